The molecule has 1 heteroatoms. The lowest BCUT2D eigenvalue weighted by Crippen LogP contribution is -2.40. The number of hydrogen-bond donors (Lipinski definition) is 1. The highest BCUT2D eigenvalue weighted by molar-refractivity contribution is 5.47. The van der Waals surface area contributed by atoms with Crippen molar-refractivity contribution in [3.05, 3.63) is 11.1 Å². The Balaban J connectivity index is 1.75. The summed E-state index contributed by atoms with van der Waals surface area (Å²) in [4.78, 5) is 0. The van der Waals surface area contributed by atoms with E-state index in [1.807, 2.05) is 11.1 Å². The Morgan fingerprint density at radius 3 is 2.92 bits per heavy atom. The summed E-state index contributed by atoms with van der Waals surface area (Å²) in [5, 5.41) is 3.78. The molecule has 4 atom stereocenters. The van der Waals surface area contributed by atoms with Gasteiger partial charge >= 0.3 is 0 Å². The Morgan fingerprint density at radius 1 is 1.38 bits per heavy atom. The Labute approximate surface area is 79.6 Å². The fourth-order valence-corrected chi connectivity index (χ4v) is 4.56. The Morgan fingerprint density at radius 2 is 2.23 bits per heavy atom. The summed E-state index contributed by atoms with van der Waals surface area (Å²) in [6.45, 7) is 3.43. The van der Waals surface area contributed by atoms with Crippen molar-refractivity contribution in [2.24, 2.45) is 17.8 Å². The molecule has 0 aromatic rings. The highest BCUT2D eigenvalue weighted by Crippen LogP contribution is 2.73. The van der Waals surface area contributed by atoms with Crippen LogP contribution in [0.2, 0.25) is 0 Å². The molecular formula is C12H17N. The van der Waals surface area contributed by atoms with Gasteiger partial charge in [0.2, 0.25) is 0 Å². The minimum atomic E-state index is 0.624. The molecule has 0 spiro atoms. The van der Waals surface area contributed by atoms with Gasteiger partial charge in [-0.3, -0.25) is 0 Å². The van der Waals surface area contributed by atoms with Gasteiger partial charge in [0.15, 0.2) is 0 Å². The van der Waals surface area contributed by atoms with Crippen molar-refractivity contribution in [2.45, 2.75) is 38.1 Å². The van der Waals surface area contributed by atoms with Gasteiger partial charge in [-0.15, -0.1) is 0 Å². The maximum atomic E-state index is 3.78. The highest BCUT2D eigenvalue weighted by Gasteiger charge is 2.71. The van der Waals surface area contributed by atoms with Crippen LogP contribution in [0.15, 0.2) is 11.1 Å². The maximum absolute atomic E-state index is 3.78. The molecule has 4 aliphatic carbocycles. The standard InChI is InChI=1S/C12H17N/c1-2-13-12-6-11(12)9-5-10(12)8-4-3-7(8)9/h9-11,13H,2-6H2,1H3. The molecule has 2 bridgehead atoms. The van der Waals surface area contributed by atoms with E-state index >= 15 is 0 Å². The van der Waals surface area contributed by atoms with Crippen LogP contribution < -0.4 is 5.32 Å². The van der Waals surface area contributed by atoms with E-state index in [4.69, 9.17) is 0 Å². The molecular weight excluding hydrogens is 158 g/mol. The van der Waals surface area contributed by atoms with Crippen LogP contribution in [0.25, 0.3) is 0 Å². The Hall–Kier alpha value is -0.300. The number of fused-ring (bicyclic) bond motifs is 7. The van der Waals surface area contributed by atoms with Gasteiger partial charge in [0.05, 0.1) is 0 Å². The van der Waals surface area contributed by atoms with Crippen molar-refractivity contribution in [1.82, 2.24) is 5.32 Å². The molecule has 0 aliphatic heterocycles. The quantitative estimate of drug-likeness (QED) is 0.634. The summed E-state index contributed by atoms with van der Waals surface area (Å²) in [5.41, 5.74) is 4.42. The van der Waals surface area contributed by atoms with Crippen LogP contribution in [-0.2, 0) is 0 Å². The largest absolute Gasteiger partial charge is 0.311 e. The Bertz CT molecular complexity index is 317. The second kappa shape index (κ2) is 1.88. The molecule has 1 nitrogen and oxygen atoms in total. The second-order valence-electron chi connectivity index (χ2n) is 5.33. The van der Waals surface area contributed by atoms with Gasteiger partial charge in [0.25, 0.3) is 0 Å². The second-order valence-corrected chi connectivity index (χ2v) is 5.33. The topological polar surface area (TPSA) is 12.0 Å². The molecule has 0 radical (unpaired) electrons. The zero-order valence-corrected chi connectivity index (χ0v) is 8.27. The molecule has 0 saturated heterocycles. The molecule has 0 amide bonds. The van der Waals surface area contributed by atoms with Crippen molar-refractivity contribution in [3.63, 3.8) is 0 Å². The summed E-state index contributed by atoms with van der Waals surface area (Å²) in [7, 11) is 0. The molecule has 0 aromatic carbocycles. The van der Waals surface area contributed by atoms with Gasteiger partial charge in [0, 0.05) is 5.54 Å². The average Bonchev–Trinajstić information content (AvgIpc) is 2.62. The Kier molecular flexibility index (Phi) is 1.02. The lowest BCUT2D eigenvalue weighted by Gasteiger charge is -2.33. The van der Waals surface area contributed by atoms with Crippen LogP contribution in [0, 0.1) is 17.8 Å². The van der Waals surface area contributed by atoms with Crippen LogP contribution >= 0.6 is 0 Å². The summed E-state index contributed by atoms with van der Waals surface area (Å²) < 4.78 is 0. The van der Waals surface area contributed by atoms with Gasteiger partial charge in [-0.1, -0.05) is 18.1 Å². The molecule has 4 rings (SSSR count). The molecule has 2 saturated carbocycles. The van der Waals surface area contributed by atoms with Crippen LogP contribution in [0.5, 0.6) is 0 Å². The van der Waals surface area contributed by atoms with Crippen LogP contribution in [0.1, 0.15) is 32.6 Å². The molecule has 70 valence electrons. The van der Waals surface area contributed by atoms with E-state index in [0.29, 0.717) is 5.54 Å². The van der Waals surface area contributed by atoms with Crippen LogP contribution in [0.4, 0.5) is 0 Å². The van der Waals surface area contributed by atoms with Crippen LogP contribution in [-0.4, -0.2) is 12.1 Å². The predicted molar refractivity (Wildman–Crippen MR) is 52.4 cm³/mol. The monoisotopic (exact) mass is 175 g/mol. The first-order valence-electron chi connectivity index (χ1n) is 5.83. The van der Waals surface area contributed by atoms with Crippen molar-refractivity contribution in [1.29, 1.82) is 0 Å². The third-order valence-corrected chi connectivity index (χ3v) is 5.11. The maximum Gasteiger partial charge on any atom is 0.0285 e. The van der Waals surface area contributed by atoms with E-state index in [9.17, 15) is 0 Å². The van der Waals surface area contributed by atoms with Gasteiger partial charge in [-0.2, -0.15) is 0 Å². The average molecular weight is 175 g/mol. The molecule has 13 heavy (non-hydrogen) atoms. The lowest BCUT2D eigenvalue weighted by atomic mass is 9.76. The van der Waals surface area contributed by atoms with Crippen molar-refractivity contribution >= 4 is 0 Å². The lowest BCUT2D eigenvalue weighted by molar-refractivity contribution is 0.382. The first-order valence-corrected chi connectivity index (χ1v) is 5.83. The minimum absolute atomic E-state index is 0.624. The van der Waals surface area contributed by atoms with Crippen molar-refractivity contribution in [2.75, 3.05) is 6.54 Å². The third-order valence-electron chi connectivity index (χ3n) is 5.11. The minimum Gasteiger partial charge on any atom is -0.311 e. The normalized spacial score (nSPS) is 54.7. The first-order chi connectivity index (χ1) is 6.37. The van der Waals surface area contributed by atoms with E-state index in [1.54, 1.807) is 0 Å². The molecule has 4 aliphatic rings. The molecule has 0 heterocycles. The zero-order valence-electron chi connectivity index (χ0n) is 8.27. The molecule has 2 fully saturated rings. The number of hydrogen-bond acceptors (Lipinski definition) is 1. The fourth-order valence-electron chi connectivity index (χ4n) is 4.56. The van der Waals surface area contributed by atoms with E-state index in [-0.39, 0.29) is 0 Å². The van der Waals surface area contributed by atoms with Gasteiger partial charge < -0.3 is 5.32 Å². The fraction of sp³-hybridized carbons (Fsp3) is 0.833. The van der Waals surface area contributed by atoms with Crippen molar-refractivity contribution in [3.8, 4) is 0 Å². The summed E-state index contributed by atoms with van der Waals surface area (Å²) >= 11 is 0. The number of rotatable bonds is 2. The summed E-state index contributed by atoms with van der Waals surface area (Å²) in [6.07, 6.45) is 5.90. The van der Waals surface area contributed by atoms with E-state index in [0.717, 1.165) is 17.8 Å². The molecule has 0 aromatic heterocycles. The number of nitrogens with one attached hydrogen (secondary N) is 1. The summed E-state index contributed by atoms with van der Waals surface area (Å²) in [6, 6.07) is 0. The first kappa shape index (κ1) is 7.05. The smallest absolute Gasteiger partial charge is 0.0285 e. The van der Waals surface area contributed by atoms with E-state index < -0.39 is 0 Å². The third kappa shape index (κ3) is 0.576. The molecule has 4 unspecified atom stereocenters. The van der Waals surface area contributed by atoms with Gasteiger partial charge in [-0.25, -0.2) is 0 Å². The van der Waals surface area contributed by atoms with E-state index in [2.05, 4.69) is 12.2 Å². The molecule has 1 N–H and O–H groups in total. The van der Waals surface area contributed by atoms with Crippen molar-refractivity contribution < 1.29 is 0 Å². The zero-order chi connectivity index (χ0) is 8.63. The van der Waals surface area contributed by atoms with Gasteiger partial charge in [0.1, 0.15) is 0 Å². The van der Waals surface area contributed by atoms with Crippen LogP contribution in [0.3, 0.4) is 0 Å². The predicted octanol–water partition coefficient (Wildman–Crippen LogP) is 2.09. The number of allylic oxidation sites excluding steroid dienone is 1. The summed E-state index contributed by atoms with van der Waals surface area (Å²) in [5.74, 6) is 3.07. The highest BCUT2D eigenvalue weighted by atomic mass is 15.1. The van der Waals surface area contributed by atoms with Gasteiger partial charge in [-0.05, 0) is 50.0 Å². The SMILES string of the molecule is CCNC12CC1C1CC2C2=C1CC2. The van der Waals surface area contributed by atoms with E-state index in [1.165, 1.54) is 32.2 Å².